The Hall–Kier alpha value is -10.7. The highest BCUT2D eigenvalue weighted by molar-refractivity contribution is 6.04. The number of benzene rings is 2. The number of hydrogen-bond acceptors (Lipinski definition) is 19. The first-order valence-electron chi connectivity index (χ1n) is 40.2. The van der Waals surface area contributed by atoms with Gasteiger partial charge in [0.1, 0.15) is 80.6 Å². The summed E-state index contributed by atoms with van der Waals surface area (Å²) >= 11 is 0. The summed E-state index contributed by atoms with van der Waals surface area (Å²) in [6.45, 7) is 26.1. The maximum absolute atomic E-state index is 14.8. The molecule has 0 aromatic heterocycles. The number of aliphatic hydroxyl groups is 2. The van der Waals surface area contributed by atoms with Crippen LogP contribution in [0.4, 0.5) is 0 Å². The zero-order valence-corrected chi connectivity index (χ0v) is 71.7. The van der Waals surface area contributed by atoms with Gasteiger partial charge in [-0.05, 0) is 172 Å². The second-order valence-electron chi connectivity index (χ2n) is 35.1. The van der Waals surface area contributed by atoms with Gasteiger partial charge in [0.15, 0.2) is 0 Å². The summed E-state index contributed by atoms with van der Waals surface area (Å²) in [6, 6.07) is 10.1. The average Bonchev–Trinajstić information content (AvgIpc) is 1.67. The van der Waals surface area contributed by atoms with Gasteiger partial charge in [-0.25, -0.2) is 0 Å². The number of carbonyl (C=O) groups excluding carboxylic acids is 17. The number of hydrogen-bond donors (Lipinski definition) is 16. The fraction of sp³-hybridized carbons (Fsp3) is 0.646. The van der Waals surface area contributed by atoms with E-state index in [4.69, 9.17) is 5.73 Å². The highest BCUT2D eigenvalue weighted by atomic mass is 16.3. The Bertz CT molecular complexity index is 4040. The predicted octanol–water partition coefficient (Wildman–Crippen LogP) is -1.27. The summed E-state index contributed by atoms with van der Waals surface area (Å²) in [7, 11) is 0. The number of likely N-dealkylation sites (tertiary alicyclic amines) is 3. The Kier molecular flexibility index (Phi) is 33.8. The Labute approximate surface area is 690 Å². The predicted molar refractivity (Wildman–Crippen MR) is 434 cm³/mol. The van der Waals surface area contributed by atoms with Crippen molar-refractivity contribution >= 4 is 100 Å². The summed E-state index contributed by atoms with van der Waals surface area (Å²) in [5.41, 5.74) is -6.69. The maximum Gasteiger partial charge on any atom is 0.248 e. The van der Waals surface area contributed by atoms with Gasteiger partial charge in [0.25, 0.3) is 0 Å². The average molecular weight is 1660 g/mol. The van der Waals surface area contributed by atoms with Crippen molar-refractivity contribution in [2.24, 2.45) is 11.7 Å². The standard InChI is InChI=1S/C82H127N17O19/c1-20-81(18,96-70(114)78(12,13)94-69(113)77(10,11)93-67(111)75(6,7)90-63(107)55(85-48(5)101)42-50-32-26-23-27-33-50)71(115)84-44-60(104)87-54(40-47(3)4)62(106)89-76(8,9)68(112)95-80(16,17)73(117)99-45-52(102)43-58(99)65(109)88-53(36-37-59(83)103)61(105)92-82(19,21-2)74(118)98-39-29-35-57(98)66(110)91-79(14,15)72(116)97-38-28-34-56(97)64(108)86-51(46-100)41-49-30-24-22-25-31-49/h22-27,30-33,47,51-58,100,102H,20-21,28-29,34-46H2,1-19H3,(H2,83,103)(H,84,115)(H,85,101)(H,86,108)(H,87,104)(H,88,109)(H,89,106)(H,90,107)(H,91,110)(H,92,105)(H,93,111)(H,94,113)(H,95,112)(H,96,114)/t51-,52+,53-,54-,55-,56-,57-,58-,81+,82+/m0/s1. The molecule has 0 unspecified atom stereocenters. The molecule has 36 heteroatoms. The third kappa shape index (κ3) is 26.7. The van der Waals surface area contributed by atoms with E-state index in [0.717, 1.165) is 16.0 Å². The Morgan fingerprint density at radius 3 is 1.38 bits per heavy atom. The van der Waals surface area contributed by atoms with E-state index in [1.54, 1.807) is 58.0 Å². The van der Waals surface area contributed by atoms with E-state index in [1.807, 2.05) is 30.3 Å². The third-order valence-corrected chi connectivity index (χ3v) is 21.5. The lowest BCUT2D eigenvalue weighted by Gasteiger charge is -2.38. The molecule has 3 aliphatic heterocycles. The second kappa shape index (κ2) is 40.7. The van der Waals surface area contributed by atoms with Crippen molar-refractivity contribution in [2.45, 2.75) is 301 Å². The lowest BCUT2D eigenvalue weighted by molar-refractivity contribution is -0.149. The van der Waals surface area contributed by atoms with Gasteiger partial charge >= 0.3 is 0 Å². The van der Waals surface area contributed by atoms with Gasteiger partial charge in [-0.15, -0.1) is 0 Å². The molecule has 2 aromatic rings. The largest absolute Gasteiger partial charge is 0.394 e. The molecule has 0 radical (unpaired) electrons. The third-order valence-electron chi connectivity index (χ3n) is 21.5. The van der Waals surface area contributed by atoms with E-state index in [1.165, 1.54) is 114 Å². The fourth-order valence-electron chi connectivity index (χ4n) is 13.9. The minimum atomic E-state index is -1.89. The Morgan fingerprint density at radius 1 is 0.466 bits per heavy atom. The molecular weight excluding hydrogens is 1530 g/mol. The number of rotatable bonds is 40. The summed E-state index contributed by atoms with van der Waals surface area (Å²) in [4.78, 5) is 240. The molecule has 3 fully saturated rings. The number of nitrogens with two attached hydrogens (primary N) is 1. The van der Waals surface area contributed by atoms with E-state index in [-0.39, 0.29) is 64.1 Å². The van der Waals surface area contributed by atoms with Crippen LogP contribution < -0.4 is 74.9 Å². The molecule has 0 saturated carbocycles. The minimum Gasteiger partial charge on any atom is -0.394 e. The van der Waals surface area contributed by atoms with E-state index >= 15 is 0 Å². The Morgan fingerprint density at radius 2 is 0.898 bits per heavy atom. The Balaban J connectivity index is 1.17. The van der Waals surface area contributed by atoms with Gasteiger partial charge in [0, 0.05) is 45.8 Å². The molecule has 5 rings (SSSR count). The van der Waals surface area contributed by atoms with Crippen LogP contribution in [0.5, 0.6) is 0 Å². The van der Waals surface area contributed by atoms with Crippen molar-refractivity contribution in [2.75, 3.05) is 32.8 Å². The van der Waals surface area contributed by atoms with E-state index in [9.17, 15) is 91.7 Å². The van der Waals surface area contributed by atoms with Crippen LogP contribution in [0.3, 0.4) is 0 Å². The molecule has 10 atom stereocenters. The smallest absolute Gasteiger partial charge is 0.248 e. The molecule has 3 heterocycles. The first-order chi connectivity index (χ1) is 54.6. The summed E-state index contributed by atoms with van der Waals surface area (Å²) in [5.74, 6) is -13.3. The van der Waals surface area contributed by atoms with Gasteiger partial charge in [0.05, 0.1) is 25.3 Å². The van der Waals surface area contributed by atoms with Crippen LogP contribution >= 0.6 is 0 Å². The number of amides is 17. The van der Waals surface area contributed by atoms with Crippen molar-refractivity contribution < 1.29 is 91.7 Å². The SMILES string of the molecule is CC[C@@](C)(NC(=O)C(C)(C)NC(=O)C(C)(C)NC(=O)C(C)(C)NC(=O)[C@H](Cc1ccccc1)NC(C)=O)C(=O)NCC(=O)N[C@@H](CC(C)C)C(=O)NC(C)(C)C(=O)NC(C)(C)C(=O)N1C[C@H](O)C[C@H]1C(=O)N[C@@H](CCC(N)=O)C(=O)N[C@](C)(CC)C(=O)N1CCC[C@H]1C(=O)NC(C)(C)C(=O)N1CCC[C@H]1C(=O)N[C@H](CO)Cc1ccccc1. The van der Waals surface area contributed by atoms with Gasteiger partial charge < -0.3 is 99.8 Å². The summed E-state index contributed by atoms with van der Waals surface area (Å²) < 4.78 is 0. The van der Waals surface area contributed by atoms with Gasteiger partial charge in [-0.1, -0.05) is 88.4 Å². The highest BCUT2D eigenvalue weighted by Gasteiger charge is 2.51. The van der Waals surface area contributed by atoms with E-state index < -0.39 is 219 Å². The normalized spacial score (nSPS) is 18.5. The number of β-amino-alcohol motifs (C(OH)–C–C–N with tert-alkyl or cyclic N) is 1. The van der Waals surface area contributed by atoms with Gasteiger partial charge in [-0.3, -0.25) is 81.5 Å². The monoisotopic (exact) mass is 1650 g/mol. The molecule has 36 nitrogen and oxygen atoms in total. The van der Waals surface area contributed by atoms with Crippen molar-refractivity contribution in [3.05, 3.63) is 71.8 Å². The summed E-state index contributed by atoms with van der Waals surface area (Å²) in [6.07, 6.45) is -0.720. The molecule has 118 heavy (non-hydrogen) atoms. The number of primary amides is 1. The van der Waals surface area contributed by atoms with Crippen LogP contribution in [0, 0.1) is 5.92 Å². The molecule has 17 amide bonds. The maximum atomic E-state index is 14.8. The lowest BCUT2D eigenvalue weighted by Crippen LogP contribution is -2.68. The molecule has 2 aromatic carbocycles. The van der Waals surface area contributed by atoms with Gasteiger partial charge in [-0.2, -0.15) is 0 Å². The summed E-state index contributed by atoms with van der Waals surface area (Å²) in [5, 5.41) is 55.5. The molecule has 3 saturated heterocycles. The number of nitrogens with zero attached hydrogens (tertiary/aromatic N) is 3. The van der Waals surface area contributed by atoms with Crippen LogP contribution in [0.2, 0.25) is 0 Å². The zero-order chi connectivity index (χ0) is 89.2. The molecular formula is C82H127N17O19. The first kappa shape index (κ1) is 97.9. The molecule has 0 bridgehead atoms. The second-order valence-corrected chi connectivity index (χ2v) is 35.1. The lowest BCUT2D eigenvalue weighted by atomic mass is 9.93. The number of aliphatic hydroxyl groups excluding tert-OH is 2. The molecule has 654 valence electrons. The van der Waals surface area contributed by atoms with Crippen molar-refractivity contribution in [1.82, 2.24) is 83.8 Å². The minimum absolute atomic E-state index is 0.0173. The van der Waals surface area contributed by atoms with E-state index in [2.05, 4.69) is 69.1 Å². The number of nitrogens with one attached hydrogen (secondary N) is 13. The number of carbonyl (C=O) groups is 17. The quantitative estimate of drug-likeness (QED) is 0.0370. The van der Waals surface area contributed by atoms with E-state index in [0.29, 0.717) is 25.7 Å². The molecule has 0 spiro atoms. The molecule has 0 aliphatic carbocycles. The van der Waals surface area contributed by atoms with Crippen LogP contribution in [0.1, 0.15) is 207 Å². The van der Waals surface area contributed by atoms with Gasteiger partial charge in [0.2, 0.25) is 100 Å². The van der Waals surface area contributed by atoms with Crippen LogP contribution in [-0.2, 0) is 94.3 Å². The fourth-order valence-corrected chi connectivity index (χ4v) is 13.9. The topological polar surface area (TPSA) is 523 Å². The molecule has 3 aliphatic rings. The molecule has 17 N–H and O–H groups in total. The van der Waals surface area contributed by atoms with Crippen LogP contribution in [0.15, 0.2) is 60.7 Å². The van der Waals surface area contributed by atoms with Crippen molar-refractivity contribution in [1.29, 1.82) is 0 Å². The highest BCUT2D eigenvalue weighted by Crippen LogP contribution is 2.29. The first-order valence-corrected chi connectivity index (χ1v) is 40.2. The van der Waals surface area contributed by atoms with Crippen LogP contribution in [-0.4, -0.2) is 251 Å². The zero-order valence-electron chi connectivity index (χ0n) is 71.7. The van der Waals surface area contributed by atoms with Crippen molar-refractivity contribution in [3.63, 3.8) is 0 Å². The van der Waals surface area contributed by atoms with Crippen molar-refractivity contribution in [3.8, 4) is 0 Å². The van der Waals surface area contributed by atoms with Crippen LogP contribution in [0.25, 0.3) is 0 Å².